The van der Waals surface area contributed by atoms with E-state index in [1.165, 1.54) is 36.4 Å². The van der Waals surface area contributed by atoms with Crippen LogP contribution in [0.1, 0.15) is 5.56 Å². The minimum absolute atomic E-state index is 0.00419. The van der Waals surface area contributed by atoms with Gasteiger partial charge in [0.25, 0.3) is 40.5 Å². The molecule has 0 radical (unpaired) electrons. The van der Waals surface area contributed by atoms with Crippen LogP contribution in [0.5, 0.6) is 0 Å². The van der Waals surface area contributed by atoms with Gasteiger partial charge in [-0.15, -0.1) is 0 Å². The van der Waals surface area contributed by atoms with Crippen LogP contribution in [0.4, 0.5) is 17.1 Å². The van der Waals surface area contributed by atoms with Crippen LogP contribution in [-0.2, 0) is 40.5 Å². The Hall–Kier alpha value is -4.99. The second kappa shape index (κ2) is 12.7. The lowest BCUT2D eigenvalue weighted by atomic mass is 9.91. The highest BCUT2D eigenvalue weighted by molar-refractivity contribution is 7.86. The Balaban J connectivity index is 1.69. The highest BCUT2D eigenvalue weighted by Gasteiger charge is 2.27. The Morgan fingerprint density at radius 1 is 0.608 bits per heavy atom. The van der Waals surface area contributed by atoms with Gasteiger partial charge in [0.05, 0.1) is 26.5 Å². The molecule has 4 aromatic rings. The van der Waals surface area contributed by atoms with E-state index in [0.717, 1.165) is 36.4 Å². The van der Waals surface area contributed by atoms with Crippen LogP contribution in [0, 0.1) is 6.92 Å². The van der Waals surface area contributed by atoms with E-state index in [1.807, 2.05) is 0 Å². The second-order valence-corrected chi connectivity index (χ2v) is 16.7. The molecule has 0 amide bonds. The minimum atomic E-state index is -4.99. The molecule has 2 aliphatic rings. The normalized spacial score (nSPS) is 13.2. The molecule has 15 nitrogen and oxygen atoms in total. The molecule has 19 heteroatoms. The lowest BCUT2D eigenvalue weighted by molar-refractivity contribution is 0.480. The van der Waals surface area contributed by atoms with Crippen LogP contribution in [-0.4, -0.2) is 51.9 Å². The van der Waals surface area contributed by atoms with E-state index < -0.39 is 60.1 Å². The van der Waals surface area contributed by atoms with Gasteiger partial charge in [-0.1, -0.05) is 24.3 Å². The summed E-state index contributed by atoms with van der Waals surface area (Å²) in [5.41, 5.74) is 1.52. The highest BCUT2D eigenvalue weighted by atomic mass is 32.2. The fourth-order valence-corrected chi connectivity index (χ4v) is 7.63. The highest BCUT2D eigenvalue weighted by Crippen LogP contribution is 2.44. The molecule has 4 aromatic carbocycles. The molecule has 0 atom stereocenters. The van der Waals surface area contributed by atoms with Crippen LogP contribution in [0.2, 0.25) is 0 Å². The summed E-state index contributed by atoms with van der Waals surface area (Å²) in [4.78, 5) is 2.08. The second-order valence-electron chi connectivity index (χ2n) is 11.1. The predicted molar refractivity (Wildman–Crippen MR) is 184 cm³/mol. The van der Waals surface area contributed by atoms with Crippen molar-refractivity contribution in [3.63, 3.8) is 0 Å². The van der Waals surface area contributed by atoms with Gasteiger partial charge in [-0.25, -0.2) is 4.99 Å². The first-order valence-corrected chi connectivity index (χ1v) is 20.0. The first-order valence-electron chi connectivity index (χ1n) is 14.3. The van der Waals surface area contributed by atoms with Crippen molar-refractivity contribution in [2.45, 2.75) is 26.5 Å². The van der Waals surface area contributed by atoms with Crippen molar-refractivity contribution in [2.75, 3.05) is 5.32 Å². The number of nitrogens with one attached hydrogen (secondary N) is 1. The van der Waals surface area contributed by atoms with E-state index in [0.29, 0.717) is 11.1 Å². The van der Waals surface area contributed by atoms with E-state index >= 15 is 0 Å². The summed E-state index contributed by atoms with van der Waals surface area (Å²) in [5.74, 6) is 0.00419. The number of hydrogen-bond acceptors (Lipinski definition) is 11. The largest absolute Gasteiger partial charge is 0.456 e. The van der Waals surface area contributed by atoms with Gasteiger partial charge in [-0.05, 0) is 78.7 Å². The molecule has 0 fully saturated rings. The summed E-state index contributed by atoms with van der Waals surface area (Å²) < 4.78 is 142. The van der Waals surface area contributed by atoms with Gasteiger partial charge in [-0.2, -0.15) is 33.7 Å². The molecule has 6 rings (SSSR count). The smallest absolute Gasteiger partial charge is 0.296 e. The number of anilines is 2. The molecular formula is C32H24N2O13S4. The Morgan fingerprint density at radius 2 is 1.18 bits per heavy atom. The lowest BCUT2D eigenvalue weighted by Gasteiger charge is -2.19. The first kappa shape index (κ1) is 35.8. The average molecular weight is 773 g/mol. The summed E-state index contributed by atoms with van der Waals surface area (Å²) >= 11 is 0. The van der Waals surface area contributed by atoms with Gasteiger partial charge in [0.15, 0.2) is 0 Å². The molecule has 1 heterocycles. The molecule has 0 saturated heterocycles. The van der Waals surface area contributed by atoms with Gasteiger partial charge in [0.2, 0.25) is 0 Å². The molecule has 1 aliphatic carbocycles. The van der Waals surface area contributed by atoms with Crippen molar-refractivity contribution >= 4 is 68.5 Å². The van der Waals surface area contributed by atoms with Gasteiger partial charge >= 0.3 is 0 Å². The van der Waals surface area contributed by atoms with E-state index in [1.54, 1.807) is 31.2 Å². The van der Waals surface area contributed by atoms with Crippen molar-refractivity contribution in [1.29, 1.82) is 0 Å². The maximum atomic E-state index is 12.7. The first-order chi connectivity index (χ1) is 23.7. The molecule has 1 aliphatic heterocycles. The number of hydrogen-bond donors (Lipinski definition) is 5. The van der Waals surface area contributed by atoms with E-state index in [-0.39, 0.29) is 50.3 Å². The SMILES string of the molecule is Cc1ccccc1-c1c2cc(S(=O)(=O)O)/c(=N/c3ccc(S(=O)(=O)O)cc3)cc-2oc2cc(Nc3ccc(S(=O)(=O)O)cc3)c(S(=O)(=O)O)cc12. The van der Waals surface area contributed by atoms with Crippen LogP contribution >= 0.6 is 0 Å². The monoisotopic (exact) mass is 772 g/mol. The zero-order chi connectivity index (χ0) is 37.1. The summed E-state index contributed by atoms with van der Waals surface area (Å²) in [5, 5.41) is 2.57. The standard InChI is InChI=1S/C32H24N2O13S4/c1-18-4-2-3-5-23(18)32-24-14-30(50(41,42)43)26(33-19-6-10-21(11-7-19)48(35,36)37)16-28(24)47-29-17-27(31(15-25(29)32)51(44,45)46)34-20-8-12-22(13-9-20)49(38,39)40/h2-17,33H,1H3,(H,35,36,37)(H,38,39,40)(H,41,42,43)(H,44,45,46)/b34-27+. The number of fused-ring (bicyclic) bond motifs is 2. The molecule has 0 aromatic heterocycles. The maximum absolute atomic E-state index is 12.7. The summed E-state index contributed by atoms with van der Waals surface area (Å²) in [6, 6.07) is 20.5. The molecule has 0 saturated carbocycles. The van der Waals surface area contributed by atoms with Gasteiger partial charge < -0.3 is 9.73 Å². The maximum Gasteiger partial charge on any atom is 0.296 e. The van der Waals surface area contributed by atoms with Crippen molar-refractivity contribution < 1.29 is 56.3 Å². The third-order valence-electron chi connectivity index (χ3n) is 7.69. The van der Waals surface area contributed by atoms with Crippen molar-refractivity contribution in [2.24, 2.45) is 4.99 Å². The van der Waals surface area contributed by atoms with Crippen molar-refractivity contribution in [3.8, 4) is 22.5 Å². The number of aryl methyl sites for hydroxylation is 1. The zero-order valence-electron chi connectivity index (χ0n) is 25.8. The topological polar surface area (TPSA) is 255 Å². The van der Waals surface area contributed by atoms with Crippen LogP contribution in [0.3, 0.4) is 0 Å². The van der Waals surface area contributed by atoms with Crippen LogP contribution in [0.15, 0.2) is 126 Å². The van der Waals surface area contributed by atoms with Crippen LogP contribution in [0.25, 0.3) is 33.4 Å². The molecule has 0 spiro atoms. The molecule has 5 N–H and O–H groups in total. The van der Waals surface area contributed by atoms with E-state index in [4.69, 9.17) is 4.42 Å². The van der Waals surface area contributed by atoms with Gasteiger partial charge in [0.1, 0.15) is 21.1 Å². The Kier molecular flexibility index (Phi) is 8.89. The minimum Gasteiger partial charge on any atom is -0.456 e. The fourth-order valence-electron chi connectivity index (χ4n) is 5.38. The van der Waals surface area contributed by atoms with E-state index in [2.05, 4.69) is 10.3 Å². The quantitative estimate of drug-likeness (QED) is 0.0949. The third kappa shape index (κ3) is 7.41. The van der Waals surface area contributed by atoms with Gasteiger partial charge in [0, 0.05) is 34.3 Å². The average Bonchev–Trinajstić information content (AvgIpc) is 3.02. The van der Waals surface area contributed by atoms with Gasteiger partial charge in [-0.3, -0.25) is 18.2 Å². The Morgan fingerprint density at radius 3 is 1.73 bits per heavy atom. The summed E-state index contributed by atoms with van der Waals surface area (Å²) in [7, 11) is -19.0. The van der Waals surface area contributed by atoms with Crippen LogP contribution < -0.4 is 10.7 Å². The Bertz CT molecular complexity index is 2870. The molecule has 264 valence electrons. The summed E-state index contributed by atoms with van der Waals surface area (Å²) in [6.07, 6.45) is 0. The third-order valence-corrected chi connectivity index (χ3v) is 11.2. The molecule has 51 heavy (non-hydrogen) atoms. The zero-order valence-corrected chi connectivity index (χ0v) is 29.0. The van der Waals surface area contributed by atoms with Crippen molar-refractivity contribution in [3.05, 3.63) is 108 Å². The van der Waals surface area contributed by atoms with E-state index in [9.17, 15) is 51.9 Å². The summed E-state index contributed by atoms with van der Waals surface area (Å²) in [6.45, 7) is 1.75. The fraction of sp³-hybridized carbons (Fsp3) is 0.0312. The number of rotatable bonds is 8. The molecule has 0 bridgehead atoms. The van der Waals surface area contributed by atoms with Crippen molar-refractivity contribution in [1.82, 2.24) is 0 Å². The molecular weight excluding hydrogens is 749 g/mol. The predicted octanol–water partition coefficient (Wildman–Crippen LogP) is 5.48. The molecule has 0 unspecified atom stereocenters. The number of benzene rings is 5. The lowest BCUT2D eigenvalue weighted by Crippen LogP contribution is -2.16. The number of nitrogens with zero attached hydrogens (tertiary/aromatic N) is 1. The Labute approximate surface area is 290 Å².